The van der Waals surface area contributed by atoms with Gasteiger partial charge in [-0.05, 0) is 31.0 Å². The molecule has 0 unspecified atom stereocenters. The highest BCUT2D eigenvalue weighted by Gasteiger charge is 2.46. The van der Waals surface area contributed by atoms with Crippen molar-refractivity contribution in [2.24, 2.45) is 0 Å². The first kappa shape index (κ1) is 17.7. The molecule has 2 aliphatic heterocycles. The Morgan fingerprint density at radius 1 is 1.41 bits per heavy atom. The van der Waals surface area contributed by atoms with Crippen LogP contribution in [0.2, 0.25) is 18.1 Å². The van der Waals surface area contributed by atoms with Gasteiger partial charge in [-0.15, -0.1) is 6.58 Å². The molecule has 126 valence electrons. The lowest BCUT2D eigenvalue weighted by molar-refractivity contribution is -0.159. The first-order valence-corrected chi connectivity index (χ1v) is 11.2. The van der Waals surface area contributed by atoms with Crippen LogP contribution < -0.4 is 0 Å². The zero-order chi connectivity index (χ0) is 16.5. The molecule has 0 amide bonds. The minimum Gasteiger partial charge on any atom is -0.459 e. The summed E-state index contributed by atoms with van der Waals surface area (Å²) >= 11 is 0. The summed E-state index contributed by atoms with van der Waals surface area (Å²) in [6, 6.07) is 0. The van der Waals surface area contributed by atoms with Gasteiger partial charge in [-0.2, -0.15) is 0 Å². The predicted octanol–water partition coefficient (Wildman–Crippen LogP) is 3.82. The molecule has 4 nitrogen and oxygen atoms in total. The lowest BCUT2D eigenvalue weighted by Gasteiger charge is -2.40. The van der Waals surface area contributed by atoms with Crippen LogP contribution in [-0.4, -0.2) is 38.7 Å². The summed E-state index contributed by atoms with van der Waals surface area (Å²) < 4.78 is 18.2. The molecule has 2 fully saturated rings. The van der Waals surface area contributed by atoms with Gasteiger partial charge in [-0.3, -0.25) is 4.79 Å². The van der Waals surface area contributed by atoms with Gasteiger partial charge in [-0.25, -0.2) is 0 Å². The van der Waals surface area contributed by atoms with Crippen LogP contribution in [0.4, 0.5) is 0 Å². The van der Waals surface area contributed by atoms with Crippen molar-refractivity contribution in [2.75, 3.05) is 0 Å². The van der Waals surface area contributed by atoms with E-state index in [2.05, 4.69) is 40.4 Å². The second-order valence-electron chi connectivity index (χ2n) is 7.96. The molecule has 0 spiro atoms. The second kappa shape index (κ2) is 6.46. The highest BCUT2D eigenvalue weighted by molar-refractivity contribution is 6.74. The van der Waals surface area contributed by atoms with E-state index in [0.717, 1.165) is 19.3 Å². The fraction of sp³-hybridized carbons (Fsp3) is 0.824. The van der Waals surface area contributed by atoms with Crippen molar-refractivity contribution in [1.82, 2.24) is 0 Å². The normalized spacial score (nSPS) is 30.6. The maximum atomic E-state index is 11.4. The zero-order valence-corrected chi connectivity index (χ0v) is 15.6. The highest BCUT2D eigenvalue weighted by Crippen LogP contribution is 2.40. The molecule has 2 heterocycles. The Hall–Kier alpha value is -0.653. The SMILES string of the molecule is C=CC[C@H](O[Si](C)(C)C(C)(C)C)[C@H]1C[C@H]2OC(=O)CC[C@H]2O1. The molecule has 0 bridgehead atoms. The third-order valence-corrected chi connectivity index (χ3v) is 9.71. The van der Waals surface area contributed by atoms with E-state index in [1.807, 2.05) is 6.08 Å². The summed E-state index contributed by atoms with van der Waals surface area (Å²) in [6.07, 6.45) is 4.57. The van der Waals surface area contributed by atoms with Gasteiger partial charge in [-0.1, -0.05) is 26.8 Å². The van der Waals surface area contributed by atoms with E-state index in [1.54, 1.807) is 0 Å². The first-order valence-electron chi connectivity index (χ1n) is 8.27. The smallest absolute Gasteiger partial charge is 0.306 e. The third-order valence-electron chi connectivity index (χ3n) is 5.21. The molecule has 2 rings (SSSR count). The van der Waals surface area contributed by atoms with Crippen molar-refractivity contribution in [3.05, 3.63) is 12.7 Å². The van der Waals surface area contributed by atoms with E-state index in [9.17, 15) is 4.79 Å². The average molecular weight is 327 g/mol. The van der Waals surface area contributed by atoms with E-state index in [4.69, 9.17) is 13.9 Å². The number of ether oxygens (including phenoxy) is 2. The quantitative estimate of drug-likeness (QED) is 0.438. The van der Waals surface area contributed by atoms with Crippen LogP contribution in [0.3, 0.4) is 0 Å². The van der Waals surface area contributed by atoms with Gasteiger partial charge in [0.2, 0.25) is 0 Å². The minimum absolute atomic E-state index is 0.00249. The van der Waals surface area contributed by atoms with Crippen LogP contribution in [0.5, 0.6) is 0 Å². The Bertz CT molecular complexity index is 427. The van der Waals surface area contributed by atoms with Crippen molar-refractivity contribution in [2.45, 2.75) is 89.0 Å². The first-order chi connectivity index (χ1) is 10.1. The van der Waals surface area contributed by atoms with Crippen molar-refractivity contribution < 1.29 is 18.7 Å². The molecule has 0 radical (unpaired) electrons. The van der Waals surface area contributed by atoms with Crippen molar-refractivity contribution in [1.29, 1.82) is 0 Å². The van der Waals surface area contributed by atoms with Crippen LogP contribution in [0, 0.1) is 0 Å². The van der Waals surface area contributed by atoms with Crippen LogP contribution in [0.1, 0.15) is 46.5 Å². The number of hydrogen-bond acceptors (Lipinski definition) is 4. The van der Waals surface area contributed by atoms with Gasteiger partial charge in [0.1, 0.15) is 6.10 Å². The monoisotopic (exact) mass is 326 g/mol. The summed E-state index contributed by atoms with van der Waals surface area (Å²) in [5, 5.41) is 0.157. The number of rotatable bonds is 5. The maximum absolute atomic E-state index is 11.4. The number of fused-ring (bicyclic) bond motifs is 1. The van der Waals surface area contributed by atoms with E-state index >= 15 is 0 Å². The van der Waals surface area contributed by atoms with E-state index in [0.29, 0.717) is 6.42 Å². The van der Waals surface area contributed by atoms with Crippen LogP contribution in [0.15, 0.2) is 12.7 Å². The largest absolute Gasteiger partial charge is 0.459 e. The Morgan fingerprint density at radius 2 is 2.09 bits per heavy atom. The topological polar surface area (TPSA) is 44.8 Å². The Balaban J connectivity index is 2.06. The molecule has 2 aliphatic rings. The molecule has 4 atom stereocenters. The molecule has 2 saturated heterocycles. The molecule has 22 heavy (non-hydrogen) atoms. The van der Waals surface area contributed by atoms with E-state index in [1.165, 1.54) is 0 Å². The number of esters is 1. The molecule has 0 aromatic rings. The molecule has 5 heteroatoms. The summed E-state index contributed by atoms with van der Waals surface area (Å²) in [4.78, 5) is 11.4. The van der Waals surface area contributed by atoms with Gasteiger partial charge < -0.3 is 13.9 Å². The summed E-state index contributed by atoms with van der Waals surface area (Å²) in [5.41, 5.74) is 0. The van der Waals surface area contributed by atoms with Gasteiger partial charge >= 0.3 is 5.97 Å². The molecular formula is C17H30O4Si. The second-order valence-corrected chi connectivity index (χ2v) is 12.7. The Labute approximate surface area is 135 Å². The lowest BCUT2D eigenvalue weighted by Crippen LogP contribution is -2.47. The summed E-state index contributed by atoms with van der Waals surface area (Å²) in [6.45, 7) is 15.1. The number of carbonyl (C=O) groups excluding carboxylic acids is 1. The molecule has 0 aromatic heterocycles. The zero-order valence-electron chi connectivity index (χ0n) is 14.6. The van der Waals surface area contributed by atoms with Crippen molar-refractivity contribution in [3.63, 3.8) is 0 Å². The van der Waals surface area contributed by atoms with Gasteiger partial charge in [0.25, 0.3) is 0 Å². The molecule has 0 aromatic carbocycles. The molecular weight excluding hydrogens is 296 g/mol. The van der Waals surface area contributed by atoms with E-state index < -0.39 is 8.32 Å². The molecule has 0 aliphatic carbocycles. The lowest BCUT2D eigenvalue weighted by atomic mass is 10.0. The number of hydrogen-bond donors (Lipinski definition) is 0. The highest BCUT2D eigenvalue weighted by atomic mass is 28.4. The minimum atomic E-state index is -1.87. The van der Waals surface area contributed by atoms with Crippen LogP contribution in [0.25, 0.3) is 0 Å². The Morgan fingerprint density at radius 3 is 2.68 bits per heavy atom. The Kier molecular flexibility index (Phi) is 5.19. The van der Waals surface area contributed by atoms with Crippen LogP contribution >= 0.6 is 0 Å². The standard InChI is InChI=1S/C17H30O4Si/c1-7-8-13(21-22(5,6)17(2,3)4)15-11-14-12(19-15)9-10-16(18)20-14/h7,12-15H,1,8-11H2,2-6H3/t12-,13+,14-,15-/m1/s1. The average Bonchev–Trinajstić information content (AvgIpc) is 2.79. The van der Waals surface area contributed by atoms with E-state index in [-0.39, 0.29) is 35.4 Å². The fourth-order valence-electron chi connectivity index (χ4n) is 2.85. The summed E-state index contributed by atoms with van der Waals surface area (Å²) in [5.74, 6) is -0.101. The van der Waals surface area contributed by atoms with Gasteiger partial charge in [0.05, 0.1) is 18.3 Å². The summed E-state index contributed by atoms with van der Waals surface area (Å²) in [7, 11) is -1.87. The van der Waals surface area contributed by atoms with Gasteiger partial charge in [0, 0.05) is 12.8 Å². The van der Waals surface area contributed by atoms with Crippen molar-refractivity contribution in [3.8, 4) is 0 Å². The maximum Gasteiger partial charge on any atom is 0.306 e. The van der Waals surface area contributed by atoms with Crippen molar-refractivity contribution >= 4 is 14.3 Å². The van der Waals surface area contributed by atoms with Gasteiger partial charge in [0.15, 0.2) is 8.32 Å². The van der Waals surface area contributed by atoms with Crippen LogP contribution in [-0.2, 0) is 18.7 Å². The predicted molar refractivity (Wildman–Crippen MR) is 89.3 cm³/mol. The fourth-order valence-corrected chi connectivity index (χ4v) is 4.21. The third kappa shape index (κ3) is 3.81. The molecule has 0 N–H and O–H groups in total. The number of carbonyl (C=O) groups is 1. The molecule has 0 saturated carbocycles.